The maximum Gasteiger partial charge on any atom is 0.220 e. The number of carbonyl (C=O) groups is 2. The third-order valence-electron chi connectivity index (χ3n) is 4.30. The van der Waals surface area contributed by atoms with E-state index in [0.29, 0.717) is 12.1 Å². The highest BCUT2D eigenvalue weighted by Gasteiger charge is 2.16. The number of likely N-dealkylation sites (N-methyl/N-ethyl adjacent to an activating group) is 1. The predicted molar refractivity (Wildman–Crippen MR) is 101 cm³/mol. The molecule has 0 saturated heterocycles. The fourth-order valence-corrected chi connectivity index (χ4v) is 2.72. The van der Waals surface area contributed by atoms with Gasteiger partial charge in [0.25, 0.3) is 0 Å². The van der Waals surface area contributed by atoms with Crippen molar-refractivity contribution < 1.29 is 14.0 Å². The van der Waals surface area contributed by atoms with E-state index < -0.39 is 0 Å². The van der Waals surface area contributed by atoms with Crippen LogP contribution in [0.15, 0.2) is 48.5 Å². The van der Waals surface area contributed by atoms with Gasteiger partial charge in [0, 0.05) is 24.9 Å². The van der Waals surface area contributed by atoms with Crippen LogP contribution in [0.25, 0.3) is 0 Å². The predicted octanol–water partition coefficient (Wildman–Crippen LogP) is 3.52. The van der Waals surface area contributed by atoms with Gasteiger partial charge in [0.2, 0.25) is 5.91 Å². The summed E-state index contributed by atoms with van der Waals surface area (Å²) in [5.41, 5.74) is 2.51. The number of Topliss-reactive ketones (excluding diaryl/α,β-unsaturated/α-hetero) is 1. The van der Waals surface area contributed by atoms with E-state index in [0.717, 1.165) is 11.1 Å². The van der Waals surface area contributed by atoms with Gasteiger partial charge in [0.05, 0.1) is 6.04 Å². The Morgan fingerprint density at radius 3 is 2.38 bits per heavy atom. The zero-order valence-electron chi connectivity index (χ0n) is 15.5. The molecule has 1 N–H and O–H groups in total. The molecule has 0 radical (unpaired) electrons. The number of aryl methyl sites for hydroxylation is 1. The molecule has 0 saturated carbocycles. The van der Waals surface area contributed by atoms with Crippen molar-refractivity contribution in [3.05, 3.63) is 71.0 Å². The topological polar surface area (TPSA) is 49.4 Å². The highest BCUT2D eigenvalue weighted by atomic mass is 19.1. The van der Waals surface area contributed by atoms with Gasteiger partial charge in [-0.05, 0) is 38.7 Å². The number of nitrogens with zero attached hydrogens (tertiary/aromatic N) is 1. The van der Waals surface area contributed by atoms with Crippen LogP contribution in [0.1, 0.15) is 40.4 Å². The minimum absolute atomic E-state index is 0.0468. The maximum atomic E-state index is 13.4. The molecule has 4 nitrogen and oxygen atoms in total. The molecule has 0 aromatic heterocycles. The average Bonchev–Trinajstić information content (AvgIpc) is 2.60. The van der Waals surface area contributed by atoms with Crippen LogP contribution in [0.4, 0.5) is 4.39 Å². The molecule has 0 aliphatic carbocycles. The summed E-state index contributed by atoms with van der Waals surface area (Å²) in [6.45, 7) is 2.31. The zero-order valence-corrected chi connectivity index (χ0v) is 15.5. The SMILES string of the molecule is Cc1ccc(C(=O)CCC(=O)NCC(c2cccc(F)c2)N(C)C)cc1. The van der Waals surface area contributed by atoms with E-state index >= 15 is 0 Å². The summed E-state index contributed by atoms with van der Waals surface area (Å²) >= 11 is 0. The van der Waals surface area contributed by atoms with Gasteiger partial charge < -0.3 is 10.2 Å². The van der Waals surface area contributed by atoms with Gasteiger partial charge in [-0.3, -0.25) is 9.59 Å². The second-order valence-electron chi connectivity index (χ2n) is 6.63. The first kappa shape index (κ1) is 19.8. The van der Waals surface area contributed by atoms with Crippen molar-refractivity contribution in [2.45, 2.75) is 25.8 Å². The summed E-state index contributed by atoms with van der Waals surface area (Å²) in [7, 11) is 3.76. The Morgan fingerprint density at radius 1 is 1.08 bits per heavy atom. The highest BCUT2D eigenvalue weighted by molar-refractivity contribution is 5.97. The Labute approximate surface area is 154 Å². The molecule has 138 valence electrons. The van der Waals surface area contributed by atoms with Crippen molar-refractivity contribution >= 4 is 11.7 Å². The summed E-state index contributed by atoms with van der Waals surface area (Å²) in [6, 6.07) is 13.5. The highest BCUT2D eigenvalue weighted by Crippen LogP contribution is 2.18. The number of benzene rings is 2. The molecule has 26 heavy (non-hydrogen) atoms. The van der Waals surface area contributed by atoms with Gasteiger partial charge in [0.15, 0.2) is 5.78 Å². The standard InChI is InChI=1S/C21H25FN2O2/c1-15-7-9-16(10-8-15)20(25)11-12-21(26)23-14-19(24(2)3)17-5-4-6-18(22)13-17/h4-10,13,19H,11-12,14H2,1-3H3,(H,23,26). The van der Waals surface area contributed by atoms with Crippen molar-refractivity contribution in [3.8, 4) is 0 Å². The minimum atomic E-state index is -0.302. The van der Waals surface area contributed by atoms with Gasteiger partial charge in [-0.25, -0.2) is 4.39 Å². The number of hydrogen-bond donors (Lipinski definition) is 1. The van der Waals surface area contributed by atoms with Gasteiger partial charge in [-0.15, -0.1) is 0 Å². The molecule has 0 aliphatic heterocycles. The van der Waals surface area contributed by atoms with E-state index in [1.54, 1.807) is 18.2 Å². The molecular weight excluding hydrogens is 331 g/mol. The number of rotatable bonds is 8. The van der Waals surface area contributed by atoms with E-state index in [9.17, 15) is 14.0 Å². The third kappa shape index (κ3) is 5.77. The van der Waals surface area contributed by atoms with Crippen LogP contribution < -0.4 is 5.32 Å². The van der Waals surface area contributed by atoms with Crippen LogP contribution in [-0.4, -0.2) is 37.2 Å². The molecule has 0 spiro atoms. The molecule has 1 atom stereocenters. The second-order valence-corrected chi connectivity index (χ2v) is 6.63. The van der Waals surface area contributed by atoms with Crippen LogP contribution in [0, 0.1) is 12.7 Å². The largest absolute Gasteiger partial charge is 0.354 e. The number of nitrogens with one attached hydrogen (secondary N) is 1. The molecule has 0 bridgehead atoms. The zero-order chi connectivity index (χ0) is 19.1. The number of ketones is 1. The van der Waals surface area contributed by atoms with Crippen LogP contribution in [-0.2, 0) is 4.79 Å². The minimum Gasteiger partial charge on any atom is -0.354 e. The molecule has 5 heteroatoms. The van der Waals surface area contributed by atoms with Gasteiger partial charge in [-0.1, -0.05) is 42.0 Å². The molecule has 1 unspecified atom stereocenters. The first-order valence-corrected chi connectivity index (χ1v) is 8.65. The molecule has 0 heterocycles. The lowest BCUT2D eigenvalue weighted by Gasteiger charge is -2.25. The molecule has 2 aromatic carbocycles. The quantitative estimate of drug-likeness (QED) is 0.737. The van der Waals surface area contributed by atoms with Crippen LogP contribution in [0.2, 0.25) is 0 Å². The summed E-state index contributed by atoms with van der Waals surface area (Å²) < 4.78 is 13.4. The Balaban J connectivity index is 1.86. The number of amides is 1. The van der Waals surface area contributed by atoms with Crippen LogP contribution in [0.5, 0.6) is 0 Å². The molecule has 0 aliphatic rings. The van der Waals surface area contributed by atoms with Gasteiger partial charge >= 0.3 is 0 Å². The van der Waals surface area contributed by atoms with E-state index in [2.05, 4.69) is 5.32 Å². The Bertz CT molecular complexity index is 757. The smallest absolute Gasteiger partial charge is 0.220 e. The van der Waals surface area contributed by atoms with E-state index in [1.165, 1.54) is 12.1 Å². The van der Waals surface area contributed by atoms with Crippen molar-refractivity contribution in [2.24, 2.45) is 0 Å². The van der Waals surface area contributed by atoms with Crippen LogP contribution >= 0.6 is 0 Å². The normalized spacial score (nSPS) is 12.0. The summed E-state index contributed by atoms with van der Waals surface area (Å²) in [6.07, 6.45) is 0.303. The van der Waals surface area contributed by atoms with Crippen LogP contribution in [0.3, 0.4) is 0 Å². The fourth-order valence-electron chi connectivity index (χ4n) is 2.72. The monoisotopic (exact) mass is 356 g/mol. The number of hydrogen-bond acceptors (Lipinski definition) is 3. The third-order valence-corrected chi connectivity index (χ3v) is 4.30. The first-order chi connectivity index (χ1) is 12.4. The van der Waals surface area contributed by atoms with Crippen molar-refractivity contribution in [1.82, 2.24) is 10.2 Å². The summed E-state index contributed by atoms with van der Waals surface area (Å²) in [5.74, 6) is -0.535. The lowest BCUT2D eigenvalue weighted by atomic mass is 10.0. The fraction of sp³-hybridized carbons (Fsp3) is 0.333. The number of halogens is 1. The lowest BCUT2D eigenvalue weighted by molar-refractivity contribution is -0.121. The number of carbonyl (C=O) groups excluding carboxylic acids is 2. The maximum absolute atomic E-state index is 13.4. The molecule has 1 amide bonds. The molecular formula is C21H25FN2O2. The average molecular weight is 356 g/mol. The van der Waals surface area contributed by atoms with Crippen molar-refractivity contribution in [3.63, 3.8) is 0 Å². The van der Waals surface area contributed by atoms with Crippen molar-refractivity contribution in [1.29, 1.82) is 0 Å². The van der Waals surface area contributed by atoms with E-state index in [-0.39, 0.29) is 36.4 Å². The Hall–Kier alpha value is -2.53. The Morgan fingerprint density at radius 2 is 1.77 bits per heavy atom. The van der Waals surface area contributed by atoms with E-state index in [4.69, 9.17) is 0 Å². The van der Waals surface area contributed by atoms with Gasteiger partial charge in [0.1, 0.15) is 5.82 Å². The molecule has 2 aromatic rings. The first-order valence-electron chi connectivity index (χ1n) is 8.65. The summed E-state index contributed by atoms with van der Waals surface area (Å²) in [4.78, 5) is 26.2. The second kappa shape index (κ2) is 9.25. The lowest BCUT2D eigenvalue weighted by Crippen LogP contribution is -2.34. The van der Waals surface area contributed by atoms with Gasteiger partial charge in [-0.2, -0.15) is 0 Å². The molecule has 2 rings (SSSR count). The van der Waals surface area contributed by atoms with E-state index in [1.807, 2.05) is 44.1 Å². The Kier molecular flexibility index (Phi) is 7.04. The van der Waals surface area contributed by atoms with Crippen molar-refractivity contribution in [2.75, 3.05) is 20.6 Å². The molecule has 0 fully saturated rings. The summed E-state index contributed by atoms with van der Waals surface area (Å²) in [5, 5.41) is 2.84.